The zero-order valence-corrected chi connectivity index (χ0v) is 11.8. The van der Waals surface area contributed by atoms with E-state index >= 15 is 0 Å². The van der Waals surface area contributed by atoms with E-state index < -0.39 is 0 Å². The number of piperazine rings is 1. The second-order valence-corrected chi connectivity index (χ2v) is 5.00. The molecule has 6 heteroatoms. The number of hydrogen-bond donors (Lipinski definition) is 0. The van der Waals surface area contributed by atoms with Crippen LogP contribution in [0.3, 0.4) is 0 Å². The van der Waals surface area contributed by atoms with Crippen molar-refractivity contribution in [1.82, 2.24) is 9.80 Å². The SMILES string of the molecule is CCN1CC(=O)N(CC(=O)Cc2ccc(F)cc2)CC1=O. The van der Waals surface area contributed by atoms with Gasteiger partial charge < -0.3 is 9.80 Å². The summed E-state index contributed by atoms with van der Waals surface area (Å²) in [5.41, 5.74) is 0.687. The number of hydrogen-bond acceptors (Lipinski definition) is 3. The molecule has 2 amide bonds. The molecule has 1 aromatic carbocycles. The summed E-state index contributed by atoms with van der Waals surface area (Å²) in [6.45, 7) is 2.18. The van der Waals surface area contributed by atoms with Crippen molar-refractivity contribution in [3.05, 3.63) is 35.6 Å². The zero-order valence-electron chi connectivity index (χ0n) is 11.8. The number of nitrogens with zero attached hydrogens (tertiary/aromatic N) is 2. The first-order chi connectivity index (χ1) is 9.99. The Hall–Kier alpha value is -2.24. The van der Waals surface area contributed by atoms with Gasteiger partial charge in [-0.2, -0.15) is 0 Å². The van der Waals surface area contributed by atoms with Crippen LogP contribution in [0, 0.1) is 5.82 Å². The van der Waals surface area contributed by atoms with Gasteiger partial charge in [0, 0.05) is 13.0 Å². The Morgan fingerprint density at radius 3 is 2.29 bits per heavy atom. The zero-order chi connectivity index (χ0) is 15.4. The molecule has 1 fully saturated rings. The topological polar surface area (TPSA) is 57.7 Å². The molecule has 21 heavy (non-hydrogen) atoms. The molecule has 1 saturated heterocycles. The molecule has 0 radical (unpaired) electrons. The molecule has 0 aromatic heterocycles. The molecule has 1 aliphatic rings. The van der Waals surface area contributed by atoms with Gasteiger partial charge in [-0.25, -0.2) is 4.39 Å². The predicted molar refractivity (Wildman–Crippen MR) is 73.9 cm³/mol. The quantitative estimate of drug-likeness (QED) is 0.800. The van der Waals surface area contributed by atoms with E-state index in [9.17, 15) is 18.8 Å². The standard InChI is InChI=1S/C15H17FN2O3/c1-2-17-9-15(21)18(10-14(17)20)8-13(19)7-11-3-5-12(16)6-4-11/h3-6H,2,7-10H2,1H3. The first-order valence-electron chi connectivity index (χ1n) is 6.81. The van der Waals surface area contributed by atoms with Crippen molar-refractivity contribution < 1.29 is 18.8 Å². The maximum Gasteiger partial charge on any atom is 0.243 e. The van der Waals surface area contributed by atoms with E-state index in [1.165, 1.54) is 34.1 Å². The van der Waals surface area contributed by atoms with Crippen LogP contribution in [0.4, 0.5) is 4.39 Å². The molecule has 2 rings (SSSR count). The number of amides is 2. The monoisotopic (exact) mass is 292 g/mol. The van der Waals surface area contributed by atoms with Crippen LogP contribution in [0.25, 0.3) is 0 Å². The van der Waals surface area contributed by atoms with Gasteiger partial charge in [-0.05, 0) is 24.6 Å². The summed E-state index contributed by atoms with van der Waals surface area (Å²) < 4.78 is 12.8. The lowest BCUT2D eigenvalue weighted by Gasteiger charge is -2.32. The predicted octanol–water partition coefficient (Wildman–Crippen LogP) is 0.628. The van der Waals surface area contributed by atoms with Gasteiger partial charge >= 0.3 is 0 Å². The lowest BCUT2D eigenvalue weighted by molar-refractivity contribution is -0.151. The number of carbonyl (C=O) groups excluding carboxylic acids is 3. The molecular formula is C15H17FN2O3. The highest BCUT2D eigenvalue weighted by Gasteiger charge is 2.29. The molecule has 0 N–H and O–H groups in total. The molecule has 0 bridgehead atoms. The summed E-state index contributed by atoms with van der Waals surface area (Å²) in [5.74, 6) is -0.897. The number of benzene rings is 1. The fourth-order valence-corrected chi connectivity index (χ4v) is 2.23. The van der Waals surface area contributed by atoms with Crippen LogP contribution in [-0.4, -0.2) is 53.6 Å². The third-order valence-corrected chi connectivity index (χ3v) is 3.42. The number of likely N-dealkylation sites (N-methyl/N-ethyl adjacent to an activating group) is 1. The van der Waals surface area contributed by atoms with Gasteiger partial charge in [0.05, 0.1) is 13.1 Å². The molecule has 0 spiro atoms. The largest absolute Gasteiger partial charge is 0.332 e. The van der Waals surface area contributed by atoms with E-state index in [0.717, 1.165) is 0 Å². The molecule has 1 aliphatic heterocycles. The van der Waals surface area contributed by atoms with Crippen LogP contribution in [0.1, 0.15) is 12.5 Å². The maximum atomic E-state index is 12.8. The van der Waals surface area contributed by atoms with Crippen LogP contribution < -0.4 is 0 Å². The number of rotatable bonds is 5. The number of carbonyl (C=O) groups is 3. The van der Waals surface area contributed by atoms with Crippen LogP contribution in [0.5, 0.6) is 0 Å². The van der Waals surface area contributed by atoms with Crippen molar-refractivity contribution in [2.45, 2.75) is 13.3 Å². The van der Waals surface area contributed by atoms with Gasteiger partial charge in [0.1, 0.15) is 12.4 Å². The minimum atomic E-state index is -0.359. The fourth-order valence-electron chi connectivity index (χ4n) is 2.23. The highest BCUT2D eigenvalue weighted by molar-refractivity contribution is 5.95. The van der Waals surface area contributed by atoms with Crippen LogP contribution in [0.2, 0.25) is 0 Å². The normalized spacial score (nSPS) is 15.5. The summed E-state index contributed by atoms with van der Waals surface area (Å²) in [5, 5.41) is 0. The van der Waals surface area contributed by atoms with E-state index in [1.807, 2.05) is 0 Å². The van der Waals surface area contributed by atoms with Crippen LogP contribution in [-0.2, 0) is 20.8 Å². The Morgan fingerprint density at radius 2 is 1.67 bits per heavy atom. The van der Waals surface area contributed by atoms with Crippen molar-refractivity contribution in [3.8, 4) is 0 Å². The number of ketones is 1. The molecule has 112 valence electrons. The Balaban J connectivity index is 1.92. The van der Waals surface area contributed by atoms with Gasteiger partial charge in [-0.15, -0.1) is 0 Å². The van der Waals surface area contributed by atoms with Gasteiger partial charge in [0.15, 0.2) is 5.78 Å². The minimum absolute atomic E-state index is 0.0269. The van der Waals surface area contributed by atoms with Crippen molar-refractivity contribution in [1.29, 1.82) is 0 Å². The van der Waals surface area contributed by atoms with E-state index in [2.05, 4.69) is 0 Å². The molecule has 0 unspecified atom stereocenters. The molecular weight excluding hydrogens is 275 g/mol. The van der Waals surface area contributed by atoms with Gasteiger partial charge in [0.2, 0.25) is 11.8 Å². The second-order valence-electron chi connectivity index (χ2n) is 5.00. The summed E-state index contributed by atoms with van der Waals surface area (Å²) in [4.78, 5) is 38.3. The smallest absolute Gasteiger partial charge is 0.243 e. The number of Topliss-reactive ketones (excluding diaryl/α,β-unsaturated/α-hetero) is 1. The Morgan fingerprint density at radius 1 is 1.10 bits per heavy atom. The highest BCUT2D eigenvalue weighted by Crippen LogP contribution is 2.07. The number of halogens is 1. The molecule has 1 heterocycles. The molecule has 1 aromatic rings. The lowest BCUT2D eigenvalue weighted by Crippen LogP contribution is -2.54. The maximum absolute atomic E-state index is 12.8. The van der Waals surface area contributed by atoms with E-state index in [-0.39, 0.29) is 49.5 Å². The van der Waals surface area contributed by atoms with E-state index in [0.29, 0.717) is 12.1 Å². The van der Waals surface area contributed by atoms with Gasteiger partial charge in [0.25, 0.3) is 0 Å². The van der Waals surface area contributed by atoms with Crippen LogP contribution >= 0.6 is 0 Å². The summed E-state index contributed by atoms with van der Waals surface area (Å²) in [7, 11) is 0. The Bertz CT molecular complexity index is 557. The average Bonchev–Trinajstić information content (AvgIpc) is 2.45. The Labute approximate surface area is 122 Å². The van der Waals surface area contributed by atoms with Crippen LogP contribution in [0.15, 0.2) is 24.3 Å². The second kappa shape index (κ2) is 6.47. The lowest BCUT2D eigenvalue weighted by atomic mass is 10.1. The summed E-state index contributed by atoms with van der Waals surface area (Å²) in [6, 6.07) is 5.65. The van der Waals surface area contributed by atoms with Crippen molar-refractivity contribution in [2.24, 2.45) is 0 Å². The Kier molecular flexibility index (Phi) is 4.67. The fraction of sp³-hybridized carbons (Fsp3) is 0.400. The highest BCUT2D eigenvalue weighted by atomic mass is 19.1. The third kappa shape index (κ3) is 3.87. The minimum Gasteiger partial charge on any atom is -0.332 e. The molecule has 0 atom stereocenters. The first-order valence-corrected chi connectivity index (χ1v) is 6.81. The van der Waals surface area contributed by atoms with Gasteiger partial charge in [-0.1, -0.05) is 12.1 Å². The average molecular weight is 292 g/mol. The van der Waals surface area contributed by atoms with E-state index in [4.69, 9.17) is 0 Å². The molecule has 0 aliphatic carbocycles. The van der Waals surface area contributed by atoms with Gasteiger partial charge in [-0.3, -0.25) is 14.4 Å². The molecule has 0 saturated carbocycles. The summed E-state index contributed by atoms with van der Waals surface area (Å²) >= 11 is 0. The van der Waals surface area contributed by atoms with Crippen molar-refractivity contribution >= 4 is 17.6 Å². The van der Waals surface area contributed by atoms with E-state index in [1.54, 1.807) is 6.92 Å². The van der Waals surface area contributed by atoms with Crippen molar-refractivity contribution in [3.63, 3.8) is 0 Å². The first kappa shape index (κ1) is 15.2. The van der Waals surface area contributed by atoms with Crippen molar-refractivity contribution in [2.75, 3.05) is 26.2 Å². The molecule has 5 nitrogen and oxygen atoms in total. The summed E-state index contributed by atoms with van der Waals surface area (Å²) in [6.07, 6.45) is 0.121. The third-order valence-electron chi connectivity index (χ3n) is 3.42.